The lowest BCUT2D eigenvalue weighted by atomic mass is 10.0. The number of nitrogens with one attached hydrogen (secondary N) is 1. The third-order valence-electron chi connectivity index (χ3n) is 6.16. The van der Waals surface area contributed by atoms with E-state index in [1.165, 1.54) is 20.7 Å². The van der Waals surface area contributed by atoms with Crippen LogP contribution >= 0.6 is 35.1 Å². The van der Waals surface area contributed by atoms with E-state index in [0.717, 1.165) is 47.1 Å². The lowest BCUT2D eigenvalue weighted by molar-refractivity contribution is 0.102. The van der Waals surface area contributed by atoms with E-state index in [1.54, 1.807) is 22.7 Å². The molecule has 1 aliphatic heterocycles. The van der Waals surface area contributed by atoms with Crippen molar-refractivity contribution in [1.29, 1.82) is 0 Å². The van der Waals surface area contributed by atoms with Gasteiger partial charge in [0, 0.05) is 35.6 Å². The Morgan fingerprint density at radius 3 is 2.40 bits per heavy atom. The van der Waals surface area contributed by atoms with E-state index in [0.29, 0.717) is 5.56 Å². The van der Waals surface area contributed by atoms with Gasteiger partial charge in [-0.15, -0.1) is 35.1 Å². The second kappa shape index (κ2) is 10.3. The zero-order chi connectivity index (χ0) is 22.9. The number of carbonyl (C=O) groups excluding carboxylic acids is 1. The molecule has 1 N–H and O–H groups in total. The lowest BCUT2D eigenvalue weighted by Crippen LogP contribution is -2.29. The maximum Gasteiger partial charge on any atom is 0.256 e. The van der Waals surface area contributed by atoms with Crippen LogP contribution < -0.4 is 5.32 Å². The predicted molar refractivity (Wildman–Crippen MR) is 149 cm³/mol. The molecule has 1 aliphatic rings. The van der Waals surface area contributed by atoms with Gasteiger partial charge in [0.1, 0.15) is 10.0 Å². The van der Waals surface area contributed by atoms with Crippen LogP contribution in [-0.4, -0.2) is 22.3 Å². The average molecular weight is 518 g/mol. The summed E-state index contributed by atoms with van der Waals surface area (Å²) in [5.74, 6) is -0.0808. The smallest absolute Gasteiger partial charge is 0.256 e. The largest absolute Gasteiger partial charge is 0.313 e. The summed E-state index contributed by atoms with van der Waals surface area (Å²) >= 11 is 3.40. The molecule has 2 aromatic heterocycles. The highest BCUT2D eigenvalue weighted by molar-refractivity contribution is 7.23. The SMILES string of the molecule is Cl.O=C(Nc1sc2c(c1-c1nc3ccccc3s1)CCN(Cc1ccccc1)C2)c1ccccc1. The Morgan fingerprint density at radius 1 is 0.914 bits per heavy atom. The van der Waals surface area contributed by atoms with Gasteiger partial charge in [-0.2, -0.15) is 0 Å². The summed E-state index contributed by atoms with van der Waals surface area (Å²) in [4.78, 5) is 21.8. The average Bonchev–Trinajstić information content (AvgIpc) is 3.45. The third kappa shape index (κ3) is 4.88. The van der Waals surface area contributed by atoms with Crippen LogP contribution in [0.2, 0.25) is 0 Å². The van der Waals surface area contributed by atoms with Gasteiger partial charge in [0.05, 0.1) is 10.2 Å². The maximum absolute atomic E-state index is 13.1. The Kier molecular flexibility index (Phi) is 6.97. The Balaban J connectivity index is 0.00000253. The molecule has 0 atom stereocenters. The van der Waals surface area contributed by atoms with Crippen molar-refractivity contribution in [3.05, 3.63) is 106 Å². The summed E-state index contributed by atoms with van der Waals surface area (Å²) in [7, 11) is 0. The van der Waals surface area contributed by atoms with E-state index < -0.39 is 0 Å². The lowest BCUT2D eigenvalue weighted by Gasteiger charge is -2.27. The molecule has 6 rings (SSSR count). The quantitative estimate of drug-likeness (QED) is 0.267. The molecule has 0 aliphatic carbocycles. The number of amides is 1. The fourth-order valence-corrected chi connectivity index (χ4v) is 6.89. The number of aromatic nitrogens is 1. The van der Waals surface area contributed by atoms with Crippen LogP contribution in [-0.2, 0) is 19.5 Å². The molecule has 176 valence electrons. The third-order valence-corrected chi connectivity index (χ3v) is 8.34. The number of halogens is 1. The molecular weight excluding hydrogens is 494 g/mol. The van der Waals surface area contributed by atoms with Crippen molar-refractivity contribution >= 4 is 56.2 Å². The molecule has 0 saturated heterocycles. The Hall–Kier alpha value is -3.03. The minimum absolute atomic E-state index is 0. The Labute approximate surface area is 218 Å². The number of para-hydroxylation sites is 1. The summed E-state index contributed by atoms with van der Waals surface area (Å²) in [5, 5.41) is 5.11. The normalized spacial score (nSPS) is 13.3. The number of nitrogens with zero attached hydrogens (tertiary/aromatic N) is 2. The van der Waals surface area contributed by atoms with Gasteiger partial charge in [0.25, 0.3) is 5.91 Å². The van der Waals surface area contributed by atoms with Crippen LogP contribution in [0.5, 0.6) is 0 Å². The number of carbonyl (C=O) groups is 1. The first kappa shape index (κ1) is 23.7. The van der Waals surface area contributed by atoms with Crippen LogP contribution in [0.1, 0.15) is 26.4 Å². The van der Waals surface area contributed by atoms with E-state index in [1.807, 2.05) is 42.5 Å². The number of rotatable bonds is 5. The molecule has 1 amide bonds. The van der Waals surface area contributed by atoms with Gasteiger partial charge >= 0.3 is 0 Å². The van der Waals surface area contributed by atoms with E-state index >= 15 is 0 Å². The molecule has 0 bridgehead atoms. The molecule has 3 heterocycles. The van der Waals surface area contributed by atoms with Crippen LogP contribution in [0.3, 0.4) is 0 Å². The van der Waals surface area contributed by atoms with Gasteiger partial charge in [-0.1, -0.05) is 60.7 Å². The molecule has 4 nitrogen and oxygen atoms in total. The Morgan fingerprint density at radius 2 is 1.63 bits per heavy atom. The molecule has 7 heteroatoms. The second-order valence-electron chi connectivity index (χ2n) is 8.46. The fourth-order valence-electron chi connectivity index (χ4n) is 4.49. The highest BCUT2D eigenvalue weighted by Gasteiger charge is 2.28. The number of thiazole rings is 1. The molecule has 0 unspecified atom stereocenters. The molecule has 3 aromatic carbocycles. The first-order valence-corrected chi connectivity index (χ1v) is 13.0. The highest BCUT2D eigenvalue weighted by Crippen LogP contribution is 2.46. The zero-order valence-electron chi connectivity index (χ0n) is 18.9. The van der Waals surface area contributed by atoms with Crippen LogP contribution in [0.15, 0.2) is 84.9 Å². The first-order valence-electron chi connectivity index (χ1n) is 11.4. The molecule has 5 aromatic rings. The van der Waals surface area contributed by atoms with E-state index in [-0.39, 0.29) is 18.3 Å². The second-order valence-corrected chi connectivity index (χ2v) is 10.6. The maximum atomic E-state index is 13.1. The van der Waals surface area contributed by atoms with Gasteiger partial charge in [-0.25, -0.2) is 4.98 Å². The van der Waals surface area contributed by atoms with Crippen molar-refractivity contribution in [1.82, 2.24) is 9.88 Å². The fraction of sp³-hybridized carbons (Fsp3) is 0.143. The number of fused-ring (bicyclic) bond motifs is 2. The summed E-state index contributed by atoms with van der Waals surface area (Å²) in [6.45, 7) is 2.80. The Bertz CT molecular complexity index is 1430. The standard InChI is InChI=1S/C28H23N3OS2.ClH/c32-26(20-11-5-2-6-12-20)30-28-25(27-29-22-13-7-8-14-23(22)33-27)21-15-16-31(18-24(21)34-28)17-19-9-3-1-4-10-19;/h1-14H,15-18H2,(H,30,32);1H. The van der Waals surface area contributed by atoms with Crippen molar-refractivity contribution in [3.8, 4) is 10.6 Å². The molecule has 0 saturated carbocycles. The minimum Gasteiger partial charge on any atom is -0.313 e. The summed E-state index contributed by atoms with van der Waals surface area (Å²) in [5.41, 5.74) is 5.42. The minimum atomic E-state index is -0.0808. The van der Waals surface area contributed by atoms with Gasteiger partial charge in [0.15, 0.2) is 0 Å². The van der Waals surface area contributed by atoms with Gasteiger partial charge in [-0.3, -0.25) is 9.69 Å². The monoisotopic (exact) mass is 517 g/mol. The van der Waals surface area contributed by atoms with Crippen molar-refractivity contribution in [3.63, 3.8) is 0 Å². The summed E-state index contributed by atoms with van der Waals surface area (Å²) in [6.07, 6.45) is 0.950. The van der Waals surface area contributed by atoms with Crippen molar-refractivity contribution in [2.24, 2.45) is 0 Å². The zero-order valence-corrected chi connectivity index (χ0v) is 21.4. The molecule has 35 heavy (non-hydrogen) atoms. The molecular formula is C28H24ClN3OS2. The van der Waals surface area contributed by atoms with Crippen molar-refractivity contribution in [2.45, 2.75) is 19.5 Å². The summed E-state index contributed by atoms with van der Waals surface area (Å²) in [6, 6.07) is 28.3. The number of hydrogen-bond donors (Lipinski definition) is 1. The van der Waals surface area contributed by atoms with Gasteiger partial charge in [0.2, 0.25) is 0 Å². The van der Waals surface area contributed by atoms with Gasteiger partial charge in [-0.05, 0) is 41.8 Å². The van der Waals surface area contributed by atoms with Crippen LogP contribution in [0.25, 0.3) is 20.8 Å². The molecule has 0 spiro atoms. The van der Waals surface area contributed by atoms with Crippen LogP contribution in [0.4, 0.5) is 5.00 Å². The number of hydrogen-bond acceptors (Lipinski definition) is 5. The topological polar surface area (TPSA) is 45.2 Å². The van der Waals surface area contributed by atoms with E-state index in [2.05, 4.69) is 52.7 Å². The van der Waals surface area contributed by atoms with E-state index in [4.69, 9.17) is 4.98 Å². The number of benzene rings is 3. The molecule has 0 fully saturated rings. The van der Waals surface area contributed by atoms with Crippen molar-refractivity contribution in [2.75, 3.05) is 11.9 Å². The first-order chi connectivity index (χ1) is 16.7. The highest BCUT2D eigenvalue weighted by atomic mass is 35.5. The summed E-state index contributed by atoms with van der Waals surface area (Å²) < 4.78 is 1.17. The number of thiophene rings is 1. The van der Waals surface area contributed by atoms with Crippen molar-refractivity contribution < 1.29 is 4.79 Å². The van der Waals surface area contributed by atoms with Gasteiger partial charge < -0.3 is 5.32 Å². The molecule has 0 radical (unpaired) electrons. The number of anilines is 1. The van der Waals surface area contributed by atoms with Crippen LogP contribution in [0, 0.1) is 0 Å². The predicted octanol–water partition coefficient (Wildman–Crippen LogP) is 7.26. The van der Waals surface area contributed by atoms with E-state index in [9.17, 15) is 4.79 Å².